The van der Waals surface area contributed by atoms with E-state index in [1.807, 2.05) is 25.1 Å². The first-order valence-electron chi connectivity index (χ1n) is 8.22. The monoisotopic (exact) mass is 362 g/mol. The van der Waals surface area contributed by atoms with Crippen molar-refractivity contribution < 1.29 is 12.6 Å². The summed E-state index contributed by atoms with van der Waals surface area (Å²) in [4.78, 5) is 1.46. The summed E-state index contributed by atoms with van der Waals surface area (Å²) in [7, 11) is -3.69. The van der Waals surface area contributed by atoms with Crippen molar-refractivity contribution in [1.29, 1.82) is 0 Å². The van der Waals surface area contributed by atoms with E-state index < -0.39 is 10.1 Å². The molecule has 0 bridgehead atoms. The second kappa shape index (κ2) is 7.72. The fraction of sp³-hybridized carbons (Fsp3) is 0.368. The molecule has 0 aromatic heterocycles. The Balaban J connectivity index is 1.64. The van der Waals surface area contributed by atoms with Crippen molar-refractivity contribution in [3.8, 4) is 0 Å². The minimum absolute atomic E-state index is 0.215. The summed E-state index contributed by atoms with van der Waals surface area (Å²) in [5.74, 6) is 1.16. The van der Waals surface area contributed by atoms with Crippen LogP contribution >= 0.6 is 11.8 Å². The number of rotatable bonds is 6. The van der Waals surface area contributed by atoms with Crippen molar-refractivity contribution in [2.75, 3.05) is 5.75 Å². The maximum absolute atomic E-state index is 12.5. The highest BCUT2D eigenvalue weighted by Gasteiger charge is 2.32. The van der Waals surface area contributed by atoms with E-state index in [1.54, 1.807) is 36.0 Å². The Labute approximate surface area is 148 Å². The molecule has 0 aliphatic heterocycles. The lowest BCUT2D eigenvalue weighted by Crippen LogP contribution is -2.24. The molecule has 1 fully saturated rings. The van der Waals surface area contributed by atoms with Crippen LogP contribution in [-0.4, -0.2) is 20.3 Å². The van der Waals surface area contributed by atoms with Crippen molar-refractivity contribution in [2.45, 2.75) is 42.1 Å². The van der Waals surface area contributed by atoms with Crippen LogP contribution in [-0.2, 0) is 14.3 Å². The number of aryl methyl sites for hydroxylation is 1. The summed E-state index contributed by atoms with van der Waals surface area (Å²) in [6.07, 6.45) is 2.64. The molecule has 2 aromatic carbocycles. The Morgan fingerprint density at radius 1 is 1.04 bits per heavy atom. The van der Waals surface area contributed by atoms with Gasteiger partial charge in [0.25, 0.3) is 10.1 Å². The van der Waals surface area contributed by atoms with Crippen LogP contribution in [0.4, 0.5) is 0 Å². The molecule has 0 amide bonds. The molecule has 1 saturated carbocycles. The normalized spacial score (nSPS) is 21.0. The molecule has 3 nitrogen and oxygen atoms in total. The maximum atomic E-state index is 12.5. The third-order valence-electron chi connectivity index (χ3n) is 4.36. The van der Waals surface area contributed by atoms with Gasteiger partial charge in [-0.05, 0) is 49.9 Å². The molecular weight excluding hydrogens is 340 g/mol. The topological polar surface area (TPSA) is 43.4 Å². The van der Waals surface area contributed by atoms with Gasteiger partial charge in [0.15, 0.2) is 0 Å². The number of thioether (sulfide) groups is 1. The zero-order valence-corrected chi connectivity index (χ0v) is 15.4. The maximum Gasteiger partial charge on any atom is 0.297 e. The molecule has 2 atom stereocenters. The first kappa shape index (κ1) is 17.5. The molecule has 2 aromatic rings. The van der Waals surface area contributed by atoms with E-state index in [-0.39, 0.29) is 16.9 Å². The molecule has 0 radical (unpaired) electrons. The standard InChI is InChI=1S/C19H22O3S2/c1-15-10-12-18(13-11-15)24(20,21)22-19-9-5-6-16(19)14-23-17-7-3-2-4-8-17/h2-4,7-8,10-13,16,19H,5-6,9,14H2,1H3/t16-,19+/m1/s1. The highest BCUT2D eigenvalue weighted by atomic mass is 32.2. The van der Waals surface area contributed by atoms with Gasteiger partial charge in [-0.3, -0.25) is 4.18 Å². The lowest BCUT2D eigenvalue weighted by atomic mass is 10.1. The van der Waals surface area contributed by atoms with Gasteiger partial charge in [-0.25, -0.2) is 0 Å². The van der Waals surface area contributed by atoms with Crippen LogP contribution < -0.4 is 0 Å². The molecule has 1 aliphatic rings. The zero-order valence-electron chi connectivity index (χ0n) is 13.7. The van der Waals surface area contributed by atoms with E-state index in [0.29, 0.717) is 0 Å². The van der Waals surface area contributed by atoms with Gasteiger partial charge in [-0.1, -0.05) is 42.3 Å². The van der Waals surface area contributed by atoms with E-state index in [0.717, 1.165) is 30.6 Å². The van der Waals surface area contributed by atoms with Gasteiger partial charge in [0, 0.05) is 10.6 Å². The molecule has 24 heavy (non-hydrogen) atoms. The SMILES string of the molecule is Cc1ccc(S(=O)(=O)O[C@H]2CCC[C@@H]2CSc2ccccc2)cc1. The first-order chi connectivity index (χ1) is 11.5. The van der Waals surface area contributed by atoms with Crippen molar-refractivity contribution in [3.05, 3.63) is 60.2 Å². The minimum atomic E-state index is -3.69. The van der Waals surface area contributed by atoms with Crippen LogP contribution in [0.2, 0.25) is 0 Å². The Bertz CT molecular complexity index is 755. The van der Waals surface area contributed by atoms with E-state index in [9.17, 15) is 8.42 Å². The summed E-state index contributed by atoms with van der Waals surface area (Å²) >= 11 is 1.77. The highest BCUT2D eigenvalue weighted by Crippen LogP contribution is 2.35. The molecule has 0 spiro atoms. The second-order valence-electron chi connectivity index (χ2n) is 6.22. The number of benzene rings is 2. The largest absolute Gasteiger partial charge is 0.297 e. The molecule has 1 aliphatic carbocycles. The highest BCUT2D eigenvalue weighted by molar-refractivity contribution is 7.99. The van der Waals surface area contributed by atoms with Crippen molar-refractivity contribution in [1.82, 2.24) is 0 Å². The van der Waals surface area contributed by atoms with Crippen molar-refractivity contribution in [2.24, 2.45) is 5.92 Å². The Hall–Kier alpha value is -1.30. The van der Waals surface area contributed by atoms with Crippen LogP contribution in [0.3, 0.4) is 0 Å². The quantitative estimate of drug-likeness (QED) is 0.554. The zero-order chi connectivity index (χ0) is 17.0. The van der Waals surface area contributed by atoms with Gasteiger partial charge >= 0.3 is 0 Å². The van der Waals surface area contributed by atoms with Crippen LogP contribution in [0.15, 0.2) is 64.4 Å². The molecule has 5 heteroatoms. The fourth-order valence-corrected chi connectivity index (χ4v) is 5.26. The van der Waals surface area contributed by atoms with Crippen LogP contribution in [0, 0.1) is 12.8 Å². The Kier molecular flexibility index (Phi) is 5.64. The molecule has 0 heterocycles. The van der Waals surface area contributed by atoms with Crippen molar-refractivity contribution in [3.63, 3.8) is 0 Å². The Morgan fingerprint density at radius 3 is 2.46 bits per heavy atom. The third kappa shape index (κ3) is 4.41. The van der Waals surface area contributed by atoms with Gasteiger partial charge in [0.1, 0.15) is 0 Å². The number of hydrogen-bond donors (Lipinski definition) is 0. The van der Waals surface area contributed by atoms with E-state index in [2.05, 4.69) is 12.1 Å². The van der Waals surface area contributed by atoms with E-state index in [1.165, 1.54) is 4.90 Å². The van der Waals surface area contributed by atoms with Gasteiger partial charge in [0.2, 0.25) is 0 Å². The summed E-state index contributed by atoms with van der Waals surface area (Å²) in [6, 6.07) is 17.0. The lowest BCUT2D eigenvalue weighted by Gasteiger charge is -2.19. The smallest absolute Gasteiger partial charge is 0.263 e. The van der Waals surface area contributed by atoms with E-state index >= 15 is 0 Å². The molecule has 0 unspecified atom stereocenters. The third-order valence-corrected chi connectivity index (χ3v) is 6.91. The average Bonchev–Trinajstić information content (AvgIpc) is 3.01. The van der Waals surface area contributed by atoms with Gasteiger partial charge in [-0.2, -0.15) is 8.42 Å². The summed E-state index contributed by atoms with van der Waals surface area (Å²) < 4.78 is 30.6. The predicted molar refractivity (Wildman–Crippen MR) is 97.7 cm³/mol. The summed E-state index contributed by atoms with van der Waals surface area (Å²) in [5.41, 5.74) is 1.03. The summed E-state index contributed by atoms with van der Waals surface area (Å²) in [5, 5.41) is 0. The van der Waals surface area contributed by atoms with Gasteiger partial charge in [0.05, 0.1) is 11.0 Å². The fourth-order valence-electron chi connectivity index (χ4n) is 2.96. The van der Waals surface area contributed by atoms with Crippen molar-refractivity contribution >= 4 is 21.9 Å². The molecule has 0 N–H and O–H groups in total. The number of hydrogen-bond acceptors (Lipinski definition) is 4. The van der Waals surface area contributed by atoms with Gasteiger partial charge in [-0.15, -0.1) is 11.8 Å². The average molecular weight is 363 g/mol. The lowest BCUT2D eigenvalue weighted by molar-refractivity contribution is 0.177. The molecule has 0 saturated heterocycles. The minimum Gasteiger partial charge on any atom is -0.263 e. The molecule has 128 valence electrons. The second-order valence-corrected chi connectivity index (χ2v) is 8.88. The summed E-state index contributed by atoms with van der Waals surface area (Å²) in [6.45, 7) is 1.94. The van der Waals surface area contributed by atoms with Crippen LogP contribution in [0.25, 0.3) is 0 Å². The Morgan fingerprint density at radius 2 is 1.75 bits per heavy atom. The molecule has 3 rings (SSSR count). The predicted octanol–water partition coefficient (Wildman–Crippen LogP) is 4.66. The van der Waals surface area contributed by atoms with E-state index in [4.69, 9.17) is 4.18 Å². The first-order valence-corrected chi connectivity index (χ1v) is 10.6. The van der Waals surface area contributed by atoms with Crippen LogP contribution in [0.1, 0.15) is 24.8 Å². The van der Waals surface area contributed by atoms with Gasteiger partial charge < -0.3 is 0 Å². The van der Waals surface area contributed by atoms with Crippen LogP contribution in [0.5, 0.6) is 0 Å². The molecular formula is C19H22O3S2.